The summed E-state index contributed by atoms with van der Waals surface area (Å²) in [5.74, 6) is 0.684. The maximum atomic E-state index is 11.5. The summed E-state index contributed by atoms with van der Waals surface area (Å²) in [6.45, 7) is 8.22. The number of carbonyl (C=O) groups is 1. The Labute approximate surface area is 101 Å². The Kier molecular flexibility index (Phi) is 5.29. The summed E-state index contributed by atoms with van der Waals surface area (Å²) in [5.41, 5.74) is 0.876. The van der Waals surface area contributed by atoms with Crippen LogP contribution in [0.3, 0.4) is 0 Å². The van der Waals surface area contributed by atoms with E-state index in [4.69, 9.17) is 0 Å². The molecular weight excluding hydrogens is 216 g/mol. The van der Waals surface area contributed by atoms with E-state index in [9.17, 15) is 4.79 Å². The molecule has 1 heterocycles. The SMILES string of the molecule is C=CCNC(=O)C(C)NCc1ccnc(C)n1. The van der Waals surface area contributed by atoms with Gasteiger partial charge in [-0.3, -0.25) is 4.79 Å². The predicted molar refractivity (Wildman–Crippen MR) is 66.3 cm³/mol. The molecule has 0 aliphatic heterocycles. The second-order valence-corrected chi connectivity index (χ2v) is 3.73. The zero-order valence-electron chi connectivity index (χ0n) is 10.2. The van der Waals surface area contributed by atoms with Crippen molar-refractivity contribution in [3.63, 3.8) is 0 Å². The highest BCUT2D eigenvalue weighted by Crippen LogP contribution is 1.95. The number of aryl methyl sites for hydroxylation is 1. The Morgan fingerprint density at radius 1 is 1.65 bits per heavy atom. The minimum absolute atomic E-state index is 0.0457. The second kappa shape index (κ2) is 6.75. The summed E-state index contributed by atoms with van der Waals surface area (Å²) in [4.78, 5) is 19.8. The number of nitrogens with one attached hydrogen (secondary N) is 2. The smallest absolute Gasteiger partial charge is 0.237 e. The molecule has 17 heavy (non-hydrogen) atoms. The summed E-state index contributed by atoms with van der Waals surface area (Å²) in [5, 5.41) is 5.83. The molecule has 5 heteroatoms. The van der Waals surface area contributed by atoms with Gasteiger partial charge in [0.05, 0.1) is 11.7 Å². The van der Waals surface area contributed by atoms with Crippen LogP contribution in [0, 0.1) is 6.92 Å². The number of rotatable bonds is 6. The average molecular weight is 234 g/mol. The molecule has 2 N–H and O–H groups in total. The van der Waals surface area contributed by atoms with E-state index in [1.807, 2.05) is 19.9 Å². The van der Waals surface area contributed by atoms with E-state index in [1.54, 1.807) is 12.3 Å². The van der Waals surface area contributed by atoms with Crippen LogP contribution in [0.5, 0.6) is 0 Å². The van der Waals surface area contributed by atoms with Crippen LogP contribution in [-0.2, 0) is 11.3 Å². The topological polar surface area (TPSA) is 66.9 Å². The van der Waals surface area contributed by atoms with Crippen LogP contribution in [-0.4, -0.2) is 28.5 Å². The van der Waals surface area contributed by atoms with Gasteiger partial charge in [-0.25, -0.2) is 9.97 Å². The predicted octanol–water partition coefficient (Wildman–Crippen LogP) is 0.565. The Balaban J connectivity index is 2.39. The summed E-state index contributed by atoms with van der Waals surface area (Å²) in [7, 11) is 0. The van der Waals surface area contributed by atoms with Crippen LogP contribution in [0.2, 0.25) is 0 Å². The van der Waals surface area contributed by atoms with Crippen molar-refractivity contribution in [3.8, 4) is 0 Å². The molecule has 0 saturated carbocycles. The van der Waals surface area contributed by atoms with E-state index in [0.29, 0.717) is 13.1 Å². The highest BCUT2D eigenvalue weighted by molar-refractivity contribution is 5.81. The van der Waals surface area contributed by atoms with Crippen LogP contribution >= 0.6 is 0 Å². The van der Waals surface area contributed by atoms with Crippen molar-refractivity contribution in [1.82, 2.24) is 20.6 Å². The molecule has 5 nitrogen and oxygen atoms in total. The van der Waals surface area contributed by atoms with Crippen molar-refractivity contribution in [2.75, 3.05) is 6.54 Å². The lowest BCUT2D eigenvalue weighted by Gasteiger charge is -2.12. The van der Waals surface area contributed by atoms with E-state index in [1.165, 1.54) is 0 Å². The van der Waals surface area contributed by atoms with Gasteiger partial charge < -0.3 is 10.6 Å². The van der Waals surface area contributed by atoms with Gasteiger partial charge in [-0.2, -0.15) is 0 Å². The van der Waals surface area contributed by atoms with Gasteiger partial charge in [-0.15, -0.1) is 6.58 Å². The first-order valence-electron chi connectivity index (χ1n) is 5.54. The molecule has 0 radical (unpaired) electrons. The van der Waals surface area contributed by atoms with Crippen LogP contribution in [0.15, 0.2) is 24.9 Å². The van der Waals surface area contributed by atoms with Gasteiger partial charge in [-0.05, 0) is 19.9 Å². The van der Waals surface area contributed by atoms with Crippen LogP contribution in [0.25, 0.3) is 0 Å². The first-order chi connectivity index (χ1) is 8.13. The van der Waals surface area contributed by atoms with Crippen molar-refractivity contribution in [2.45, 2.75) is 26.4 Å². The van der Waals surface area contributed by atoms with Gasteiger partial charge in [0.1, 0.15) is 5.82 Å². The number of amides is 1. The lowest BCUT2D eigenvalue weighted by Crippen LogP contribution is -2.41. The van der Waals surface area contributed by atoms with E-state index in [-0.39, 0.29) is 11.9 Å². The van der Waals surface area contributed by atoms with Crippen LogP contribution < -0.4 is 10.6 Å². The van der Waals surface area contributed by atoms with E-state index in [0.717, 1.165) is 11.5 Å². The second-order valence-electron chi connectivity index (χ2n) is 3.73. The first-order valence-corrected chi connectivity index (χ1v) is 5.54. The van der Waals surface area contributed by atoms with Crippen LogP contribution in [0.1, 0.15) is 18.4 Å². The number of aromatic nitrogens is 2. The van der Waals surface area contributed by atoms with Crippen molar-refractivity contribution in [3.05, 3.63) is 36.4 Å². The zero-order chi connectivity index (χ0) is 12.7. The summed E-state index contributed by atoms with van der Waals surface area (Å²) in [6, 6.07) is 1.57. The van der Waals surface area contributed by atoms with Gasteiger partial charge in [0.2, 0.25) is 5.91 Å². The fourth-order valence-corrected chi connectivity index (χ4v) is 1.28. The molecule has 0 saturated heterocycles. The van der Waals surface area contributed by atoms with Gasteiger partial charge in [0, 0.05) is 19.3 Å². The Morgan fingerprint density at radius 3 is 3.06 bits per heavy atom. The highest BCUT2D eigenvalue weighted by Gasteiger charge is 2.10. The fourth-order valence-electron chi connectivity index (χ4n) is 1.28. The maximum absolute atomic E-state index is 11.5. The molecule has 0 fully saturated rings. The molecule has 1 amide bonds. The molecule has 1 aromatic rings. The molecule has 1 unspecified atom stereocenters. The van der Waals surface area contributed by atoms with E-state index in [2.05, 4.69) is 27.2 Å². The lowest BCUT2D eigenvalue weighted by atomic mass is 10.3. The van der Waals surface area contributed by atoms with E-state index < -0.39 is 0 Å². The molecule has 0 spiro atoms. The molecule has 0 aromatic carbocycles. The largest absolute Gasteiger partial charge is 0.351 e. The van der Waals surface area contributed by atoms with Crippen molar-refractivity contribution in [1.29, 1.82) is 0 Å². The first kappa shape index (κ1) is 13.3. The summed E-state index contributed by atoms with van der Waals surface area (Å²) < 4.78 is 0. The lowest BCUT2D eigenvalue weighted by molar-refractivity contribution is -0.122. The number of hydrogen-bond acceptors (Lipinski definition) is 4. The molecular formula is C12H18N4O. The molecule has 0 aliphatic carbocycles. The minimum atomic E-state index is -0.259. The monoisotopic (exact) mass is 234 g/mol. The molecule has 92 valence electrons. The van der Waals surface area contributed by atoms with Crippen LogP contribution in [0.4, 0.5) is 0 Å². The highest BCUT2D eigenvalue weighted by atomic mass is 16.2. The molecule has 1 aromatic heterocycles. The molecule has 1 rings (SSSR count). The minimum Gasteiger partial charge on any atom is -0.351 e. The Morgan fingerprint density at radius 2 is 2.41 bits per heavy atom. The zero-order valence-corrected chi connectivity index (χ0v) is 10.2. The van der Waals surface area contributed by atoms with Crippen molar-refractivity contribution >= 4 is 5.91 Å². The molecule has 0 aliphatic rings. The quantitative estimate of drug-likeness (QED) is 0.706. The van der Waals surface area contributed by atoms with Crippen molar-refractivity contribution < 1.29 is 4.79 Å². The number of carbonyl (C=O) groups excluding carboxylic acids is 1. The summed E-state index contributed by atoms with van der Waals surface area (Å²) >= 11 is 0. The third kappa shape index (κ3) is 4.74. The Bertz CT molecular complexity index is 392. The fraction of sp³-hybridized carbons (Fsp3) is 0.417. The molecule has 0 bridgehead atoms. The Hall–Kier alpha value is -1.75. The van der Waals surface area contributed by atoms with Gasteiger partial charge >= 0.3 is 0 Å². The van der Waals surface area contributed by atoms with Crippen molar-refractivity contribution in [2.24, 2.45) is 0 Å². The van der Waals surface area contributed by atoms with Gasteiger partial charge in [-0.1, -0.05) is 6.08 Å². The van der Waals surface area contributed by atoms with Gasteiger partial charge in [0.15, 0.2) is 0 Å². The maximum Gasteiger partial charge on any atom is 0.237 e. The van der Waals surface area contributed by atoms with E-state index >= 15 is 0 Å². The third-order valence-electron chi connectivity index (χ3n) is 2.24. The number of hydrogen-bond donors (Lipinski definition) is 2. The standard InChI is InChI=1S/C12H18N4O/c1-4-6-14-12(17)9(2)15-8-11-5-7-13-10(3)16-11/h4-5,7,9,15H,1,6,8H2,2-3H3,(H,14,17). The number of nitrogens with zero attached hydrogens (tertiary/aromatic N) is 2. The summed E-state index contributed by atoms with van der Waals surface area (Å²) in [6.07, 6.45) is 3.36. The normalized spacial score (nSPS) is 11.9. The molecule has 1 atom stereocenters. The third-order valence-corrected chi connectivity index (χ3v) is 2.24. The average Bonchev–Trinajstić information content (AvgIpc) is 2.33. The van der Waals surface area contributed by atoms with Gasteiger partial charge in [0.25, 0.3) is 0 Å².